The topological polar surface area (TPSA) is 140 Å². The number of benzene rings is 1. The molecule has 33 heavy (non-hydrogen) atoms. The number of ether oxygens (including phenoxy) is 3. The molecule has 2 aromatic rings. The summed E-state index contributed by atoms with van der Waals surface area (Å²) in [6.45, 7) is 2.59. The summed E-state index contributed by atoms with van der Waals surface area (Å²) >= 11 is 0. The number of rotatable bonds is 7. The standard InChI is InChI=1S/C21H26N8O4/c1-28(2)8-4-10-32-15-6-5-14-16(17(15)31-3)26-20(29-9-7-23-18(14)29)27-21(30)33-13-11-24-19(22)25-12-13/h5-6,11-12H,4,7-10H2,1-3H3,(H2,22,24,25)(H,26,27,30). The Morgan fingerprint density at radius 1 is 1.27 bits per heavy atom. The number of fused-ring (bicyclic) bond motifs is 3. The van der Waals surface area contributed by atoms with Gasteiger partial charge in [0.05, 0.1) is 32.7 Å². The second-order valence-electron chi connectivity index (χ2n) is 7.58. The van der Waals surface area contributed by atoms with E-state index >= 15 is 0 Å². The van der Waals surface area contributed by atoms with Crippen LogP contribution in [0.1, 0.15) is 12.0 Å². The van der Waals surface area contributed by atoms with Gasteiger partial charge in [0.15, 0.2) is 17.2 Å². The third kappa shape index (κ3) is 4.95. The molecule has 2 aliphatic heterocycles. The second-order valence-corrected chi connectivity index (χ2v) is 7.58. The number of hydrogen-bond donors (Lipinski definition) is 2. The summed E-state index contributed by atoms with van der Waals surface area (Å²) in [5, 5.41) is 2.68. The molecule has 1 aromatic heterocycles. The molecule has 0 bridgehead atoms. The van der Waals surface area contributed by atoms with Crippen molar-refractivity contribution in [2.45, 2.75) is 6.42 Å². The van der Waals surface area contributed by atoms with E-state index in [0.717, 1.165) is 18.5 Å². The first-order valence-electron chi connectivity index (χ1n) is 10.4. The number of anilines is 1. The van der Waals surface area contributed by atoms with Gasteiger partial charge in [-0.25, -0.2) is 19.8 Å². The van der Waals surface area contributed by atoms with E-state index in [0.29, 0.717) is 42.7 Å². The largest absolute Gasteiger partial charge is 0.491 e. The summed E-state index contributed by atoms with van der Waals surface area (Å²) in [6.07, 6.45) is 2.74. The van der Waals surface area contributed by atoms with Gasteiger partial charge < -0.3 is 24.8 Å². The van der Waals surface area contributed by atoms with E-state index in [1.54, 1.807) is 7.11 Å². The summed E-state index contributed by atoms with van der Waals surface area (Å²) in [6, 6.07) is 3.76. The SMILES string of the molecule is COc1c(OCCCN(C)C)ccc2c1N=C(NC(=O)Oc1cnc(N)nc1)N1CCN=C21. The van der Waals surface area contributed by atoms with E-state index in [2.05, 4.69) is 30.2 Å². The van der Waals surface area contributed by atoms with Crippen molar-refractivity contribution in [1.82, 2.24) is 25.1 Å². The minimum Gasteiger partial charge on any atom is -0.491 e. The number of nitrogens with two attached hydrogens (primary N) is 1. The van der Waals surface area contributed by atoms with E-state index in [1.165, 1.54) is 12.4 Å². The Bertz CT molecular complexity index is 1080. The highest BCUT2D eigenvalue weighted by Gasteiger charge is 2.33. The monoisotopic (exact) mass is 454 g/mol. The van der Waals surface area contributed by atoms with Crippen LogP contribution in [0.4, 0.5) is 16.4 Å². The molecule has 1 aromatic carbocycles. The molecular formula is C21H26N8O4. The molecule has 12 nitrogen and oxygen atoms in total. The summed E-state index contributed by atoms with van der Waals surface area (Å²) in [5.41, 5.74) is 6.79. The quantitative estimate of drug-likeness (QED) is 0.592. The lowest BCUT2D eigenvalue weighted by atomic mass is 10.1. The molecule has 4 rings (SSSR count). The maximum atomic E-state index is 12.5. The Kier molecular flexibility index (Phi) is 6.54. The van der Waals surface area contributed by atoms with Crippen molar-refractivity contribution in [1.29, 1.82) is 0 Å². The number of nitrogens with one attached hydrogen (secondary N) is 1. The Balaban J connectivity index is 1.57. The van der Waals surface area contributed by atoms with Crippen LogP contribution in [0.5, 0.6) is 17.2 Å². The van der Waals surface area contributed by atoms with E-state index in [4.69, 9.17) is 19.9 Å². The van der Waals surface area contributed by atoms with E-state index < -0.39 is 6.09 Å². The van der Waals surface area contributed by atoms with Crippen LogP contribution >= 0.6 is 0 Å². The fourth-order valence-electron chi connectivity index (χ4n) is 3.47. The van der Waals surface area contributed by atoms with Crippen molar-refractivity contribution < 1.29 is 19.0 Å². The van der Waals surface area contributed by atoms with Gasteiger partial charge in [-0.15, -0.1) is 0 Å². The molecular weight excluding hydrogens is 428 g/mol. The lowest BCUT2D eigenvalue weighted by Gasteiger charge is -2.28. The second kappa shape index (κ2) is 9.69. The smallest absolute Gasteiger partial charge is 0.419 e. The number of methoxy groups -OCH3 is 1. The van der Waals surface area contributed by atoms with Gasteiger partial charge in [0.2, 0.25) is 11.9 Å². The molecule has 1 amide bonds. The molecule has 0 atom stereocenters. The van der Waals surface area contributed by atoms with Crippen molar-refractivity contribution in [2.75, 3.05) is 53.2 Å². The molecule has 0 fully saturated rings. The summed E-state index contributed by atoms with van der Waals surface area (Å²) in [5.74, 6) is 2.27. The number of aromatic nitrogens is 2. The van der Waals surface area contributed by atoms with Crippen molar-refractivity contribution in [3.63, 3.8) is 0 Å². The van der Waals surface area contributed by atoms with Gasteiger partial charge in [0, 0.05) is 18.7 Å². The zero-order valence-corrected chi connectivity index (χ0v) is 18.7. The Morgan fingerprint density at radius 2 is 2.06 bits per heavy atom. The van der Waals surface area contributed by atoms with Gasteiger partial charge in [-0.05, 0) is 32.6 Å². The maximum Gasteiger partial charge on any atom is 0.419 e. The third-order valence-corrected chi connectivity index (χ3v) is 4.93. The van der Waals surface area contributed by atoms with Crippen LogP contribution in [-0.4, -0.2) is 85.1 Å². The van der Waals surface area contributed by atoms with Crippen LogP contribution in [0.2, 0.25) is 0 Å². The summed E-state index contributed by atoms with van der Waals surface area (Å²) in [7, 11) is 5.59. The van der Waals surface area contributed by atoms with Crippen LogP contribution in [0.15, 0.2) is 34.5 Å². The van der Waals surface area contributed by atoms with E-state index in [9.17, 15) is 4.79 Å². The molecule has 174 valence electrons. The number of carbonyl (C=O) groups excluding carboxylic acids is 1. The van der Waals surface area contributed by atoms with Crippen molar-refractivity contribution >= 4 is 29.5 Å². The molecule has 0 saturated carbocycles. The van der Waals surface area contributed by atoms with Gasteiger partial charge >= 0.3 is 6.09 Å². The first-order valence-corrected chi connectivity index (χ1v) is 10.4. The molecule has 0 aliphatic carbocycles. The van der Waals surface area contributed by atoms with Gasteiger partial charge in [-0.1, -0.05) is 0 Å². The lowest BCUT2D eigenvalue weighted by molar-refractivity contribution is 0.205. The highest BCUT2D eigenvalue weighted by Crippen LogP contribution is 2.43. The number of amides is 1. The Labute approximate surface area is 191 Å². The number of hydrogen-bond acceptors (Lipinski definition) is 11. The number of nitrogen functional groups attached to an aromatic ring is 1. The van der Waals surface area contributed by atoms with Crippen molar-refractivity contribution in [3.05, 3.63) is 30.1 Å². The maximum absolute atomic E-state index is 12.5. The average Bonchev–Trinajstić information content (AvgIpc) is 3.28. The van der Waals surface area contributed by atoms with Crippen LogP contribution in [-0.2, 0) is 0 Å². The number of carbonyl (C=O) groups is 1. The zero-order valence-electron chi connectivity index (χ0n) is 18.7. The van der Waals surface area contributed by atoms with Crippen LogP contribution in [0.25, 0.3) is 0 Å². The first-order chi connectivity index (χ1) is 16.0. The first kappa shape index (κ1) is 22.3. The van der Waals surface area contributed by atoms with E-state index in [1.807, 2.05) is 31.1 Å². The van der Waals surface area contributed by atoms with Gasteiger partial charge in [0.25, 0.3) is 0 Å². The third-order valence-electron chi connectivity index (χ3n) is 4.93. The molecule has 3 N–H and O–H groups in total. The molecule has 0 unspecified atom stereocenters. The van der Waals surface area contributed by atoms with Crippen LogP contribution in [0.3, 0.4) is 0 Å². The molecule has 2 aliphatic rings. The number of guanidine groups is 1. The average molecular weight is 454 g/mol. The lowest BCUT2D eigenvalue weighted by Crippen LogP contribution is -2.48. The highest BCUT2D eigenvalue weighted by molar-refractivity contribution is 6.18. The minimum absolute atomic E-state index is 0.0840. The Hall–Kier alpha value is -3.93. The normalized spacial score (nSPS) is 14.2. The molecule has 3 heterocycles. The van der Waals surface area contributed by atoms with Crippen LogP contribution in [0, 0.1) is 0 Å². The Morgan fingerprint density at radius 3 is 2.79 bits per heavy atom. The summed E-state index contributed by atoms with van der Waals surface area (Å²) < 4.78 is 16.8. The van der Waals surface area contributed by atoms with Crippen molar-refractivity contribution in [3.8, 4) is 17.2 Å². The fraction of sp³-hybridized carbons (Fsp3) is 0.381. The molecule has 0 spiro atoms. The predicted octanol–water partition coefficient (Wildman–Crippen LogP) is 1.25. The number of nitrogens with zero attached hydrogens (tertiary/aromatic N) is 6. The summed E-state index contributed by atoms with van der Waals surface area (Å²) in [4.78, 5) is 33.3. The zero-order chi connectivity index (χ0) is 23.4. The predicted molar refractivity (Wildman–Crippen MR) is 122 cm³/mol. The molecule has 0 radical (unpaired) electrons. The minimum atomic E-state index is -0.744. The fourth-order valence-corrected chi connectivity index (χ4v) is 3.47. The van der Waals surface area contributed by atoms with Gasteiger partial charge in [-0.3, -0.25) is 15.2 Å². The number of aliphatic imine (C=N–C) groups is 2. The van der Waals surface area contributed by atoms with Gasteiger partial charge in [-0.2, -0.15) is 0 Å². The van der Waals surface area contributed by atoms with Gasteiger partial charge in [0.1, 0.15) is 11.5 Å². The molecule has 12 heteroatoms. The van der Waals surface area contributed by atoms with Crippen molar-refractivity contribution in [2.24, 2.45) is 9.98 Å². The molecule has 0 saturated heterocycles. The van der Waals surface area contributed by atoms with Crippen LogP contribution < -0.4 is 25.3 Å². The highest BCUT2D eigenvalue weighted by atomic mass is 16.6. The van der Waals surface area contributed by atoms with E-state index in [-0.39, 0.29) is 17.7 Å². The number of amidine groups is 1.